The van der Waals surface area contributed by atoms with Gasteiger partial charge < -0.3 is 10.6 Å². The van der Waals surface area contributed by atoms with Crippen molar-refractivity contribution in [3.8, 4) is 0 Å². The van der Waals surface area contributed by atoms with Crippen LogP contribution in [0.4, 0.5) is 5.69 Å². The van der Waals surface area contributed by atoms with Crippen LogP contribution in [0.2, 0.25) is 0 Å². The molecule has 1 aromatic carbocycles. The zero-order valence-electron chi connectivity index (χ0n) is 15.1. The predicted octanol–water partition coefficient (Wildman–Crippen LogP) is 5.53. The monoisotopic (exact) mass is 332 g/mol. The molecule has 1 aliphatic rings. The molecule has 0 aliphatic heterocycles. The molecule has 1 aliphatic carbocycles. The van der Waals surface area contributed by atoms with Gasteiger partial charge in [0.05, 0.1) is 0 Å². The van der Waals surface area contributed by atoms with Crippen molar-refractivity contribution in [2.45, 2.75) is 72.3 Å². The molecule has 0 bridgehead atoms. The number of aryl methyl sites for hydroxylation is 1. The maximum Gasteiger partial charge on any atom is 0.170 e. The average molecular weight is 333 g/mol. The van der Waals surface area contributed by atoms with E-state index in [9.17, 15) is 0 Å². The lowest BCUT2D eigenvalue weighted by Crippen LogP contribution is -2.41. The summed E-state index contributed by atoms with van der Waals surface area (Å²) >= 11 is 5.48. The minimum atomic E-state index is 0.477. The minimum absolute atomic E-state index is 0.477. The number of hydrogen-bond donors (Lipinski definition) is 2. The van der Waals surface area contributed by atoms with Crippen LogP contribution in [0, 0.1) is 11.3 Å². The SMILES string of the molecule is CCc1ccc(NC(=S)NC2CCC(C(C)(C)CC)CC2)cc1. The van der Waals surface area contributed by atoms with Crippen LogP contribution in [0.25, 0.3) is 0 Å². The van der Waals surface area contributed by atoms with E-state index in [0.717, 1.165) is 23.1 Å². The van der Waals surface area contributed by atoms with Gasteiger partial charge in [0.15, 0.2) is 5.11 Å². The highest BCUT2D eigenvalue weighted by atomic mass is 32.1. The van der Waals surface area contributed by atoms with Crippen molar-refractivity contribution in [1.82, 2.24) is 5.32 Å². The lowest BCUT2D eigenvalue weighted by atomic mass is 9.69. The molecule has 3 heteroatoms. The molecular formula is C20H32N2S. The first-order valence-corrected chi connectivity index (χ1v) is 9.52. The Kier molecular flexibility index (Phi) is 6.46. The number of thiocarbonyl (C=S) groups is 1. The van der Waals surface area contributed by atoms with Gasteiger partial charge >= 0.3 is 0 Å². The summed E-state index contributed by atoms with van der Waals surface area (Å²) in [5, 5.41) is 7.58. The van der Waals surface area contributed by atoms with Gasteiger partial charge in [-0.25, -0.2) is 0 Å². The van der Waals surface area contributed by atoms with E-state index in [4.69, 9.17) is 12.2 Å². The molecule has 2 rings (SSSR count). The van der Waals surface area contributed by atoms with Crippen LogP contribution in [0.5, 0.6) is 0 Å². The largest absolute Gasteiger partial charge is 0.360 e. The molecule has 2 nitrogen and oxygen atoms in total. The van der Waals surface area contributed by atoms with E-state index in [0.29, 0.717) is 11.5 Å². The highest BCUT2D eigenvalue weighted by molar-refractivity contribution is 7.80. The molecule has 128 valence electrons. The lowest BCUT2D eigenvalue weighted by molar-refractivity contribution is 0.141. The normalized spacial score (nSPS) is 21.7. The van der Waals surface area contributed by atoms with Crippen LogP contribution in [-0.4, -0.2) is 11.2 Å². The molecule has 0 aromatic heterocycles. The van der Waals surface area contributed by atoms with E-state index in [2.05, 4.69) is 62.6 Å². The van der Waals surface area contributed by atoms with Crippen molar-refractivity contribution < 1.29 is 0 Å². The second-order valence-electron chi connectivity index (χ2n) is 7.54. The molecule has 1 fully saturated rings. The van der Waals surface area contributed by atoms with Gasteiger partial charge in [0.1, 0.15) is 0 Å². The highest BCUT2D eigenvalue weighted by Crippen LogP contribution is 2.40. The molecule has 0 radical (unpaired) electrons. The first-order chi connectivity index (χ1) is 10.9. The molecule has 0 unspecified atom stereocenters. The van der Waals surface area contributed by atoms with Crippen LogP contribution >= 0.6 is 12.2 Å². The van der Waals surface area contributed by atoms with Crippen molar-refractivity contribution in [3.63, 3.8) is 0 Å². The quantitative estimate of drug-likeness (QED) is 0.693. The summed E-state index contributed by atoms with van der Waals surface area (Å²) in [6.07, 6.45) is 7.41. The van der Waals surface area contributed by atoms with Gasteiger partial charge in [-0.1, -0.05) is 46.2 Å². The van der Waals surface area contributed by atoms with E-state index >= 15 is 0 Å². The third kappa shape index (κ3) is 5.20. The molecule has 0 saturated heterocycles. The van der Waals surface area contributed by atoms with Crippen molar-refractivity contribution in [2.75, 3.05) is 5.32 Å². The maximum atomic E-state index is 5.48. The summed E-state index contributed by atoms with van der Waals surface area (Å²) in [4.78, 5) is 0. The van der Waals surface area contributed by atoms with Crippen molar-refractivity contribution in [1.29, 1.82) is 0 Å². The smallest absolute Gasteiger partial charge is 0.170 e. The van der Waals surface area contributed by atoms with E-state index < -0.39 is 0 Å². The standard InChI is InChI=1S/C20H32N2S/c1-5-15-7-11-17(12-8-15)21-19(23)22-18-13-9-16(10-14-18)20(3,4)6-2/h7-8,11-12,16,18H,5-6,9-10,13-14H2,1-4H3,(H2,21,22,23). The van der Waals surface area contributed by atoms with Gasteiger partial charge in [-0.3, -0.25) is 0 Å². The first kappa shape index (κ1) is 18.3. The van der Waals surface area contributed by atoms with Crippen LogP contribution in [-0.2, 0) is 6.42 Å². The topological polar surface area (TPSA) is 24.1 Å². The second kappa shape index (κ2) is 8.14. The lowest BCUT2D eigenvalue weighted by Gasteiger charge is -2.39. The Morgan fingerprint density at radius 2 is 1.70 bits per heavy atom. The van der Waals surface area contributed by atoms with Crippen LogP contribution in [0.1, 0.15) is 65.4 Å². The number of hydrogen-bond acceptors (Lipinski definition) is 1. The van der Waals surface area contributed by atoms with E-state index in [-0.39, 0.29) is 0 Å². The maximum absolute atomic E-state index is 5.48. The Hall–Kier alpha value is -1.09. The summed E-state index contributed by atoms with van der Waals surface area (Å²) in [6, 6.07) is 9.04. The van der Waals surface area contributed by atoms with Gasteiger partial charge in [-0.15, -0.1) is 0 Å². The van der Waals surface area contributed by atoms with Crippen molar-refractivity contribution >= 4 is 23.0 Å². The van der Waals surface area contributed by atoms with Gasteiger partial charge in [0.2, 0.25) is 0 Å². The number of nitrogens with one attached hydrogen (secondary N) is 2. The van der Waals surface area contributed by atoms with Crippen molar-refractivity contribution in [2.24, 2.45) is 11.3 Å². The van der Waals surface area contributed by atoms with Gasteiger partial charge in [0.25, 0.3) is 0 Å². The Morgan fingerprint density at radius 3 is 2.22 bits per heavy atom. The second-order valence-corrected chi connectivity index (χ2v) is 7.95. The summed E-state index contributed by atoms with van der Waals surface area (Å²) in [6.45, 7) is 9.31. The first-order valence-electron chi connectivity index (χ1n) is 9.11. The summed E-state index contributed by atoms with van der Waals surface area (Å²) in [7, 11) is 0. The minimum Gasteiger partial charge on any atom is -0.360 e. The molecule has 23 heavy (non-hydrogen) atoms. The van der Waals surface area contributed by atoms with Gasteiger partial charge in [0, 0.05) is 11.7 Å². The number of benzene rings is 1. The number of anilines is 1. The molecule has 0 heterocycles. The van der Waals surface area contributed by atoms with Gasteiger partial charge in [-0.2, -0.15) is 0 Å². The van der Waals surface area contributed by atoms with E-state index in [1.807, 2.05) is 0 Å². The van der Waals surface area contributed by atoms with Crippen LogP contribution < -0.4 is 10.6 Å². The third-order valence-corrected chi connectivity index (χ3v) is 5.92. The summed E-state index contributed by atoms with van der Waals surface area (Å²) in [5.74, 6) is 0.855. The highest BCUT2D eigenvalue weighted by Gasteiger charge is 2.31. The van der Waals surface area contributed by atoms with Crippen molar-refractivity contribution in [3.05, 3.63) is 29.8 Å². The average Bonchev–Trinajstić information content (AvgIpc) is 2.56. The molecule has 0 spiro atoms. The fourth-order valence-electron chi connectivity index (χ4n) is 3.48. The molecule has 1 saturated carbocycles. The zero-order chi connectivity index (χ0) is 16.9. The summed E-state index contributed by atoms with van der Waals surface area (Å²) < 4.78 is 0. The van der Waals surface area contributed by atoms with E-state index in [1.165, 1.54) is 37.7 Å². The molecule has 0 atom stereocenters. The summed E-state index contributed by atoms with van der Waals surface area (Å²) in [5.41, 5.74) is 2.90. The Bertz CT molecular complexity index is 499. The molecule has 0 amide bonds. The fourth-order valence-corrected chi connectivity index (χ4v) is 3.77. The molecule has 1 aromatic rings. The Balaban J connectivity index is 1.78. The Morgan fingerprint density at radius 1 is 1.09 bits per heavy atom. The van der Waals surface area contributed by atoms with E-state index in [1.54, 1.807) is 0 Å². The van der Waals surface area contributed by atoms with Crippen LogP contribution in [0.3, 0.4) is 0 Å². The molecule has 2 N–H and O–H groups in total. The van der Waals surface area contributed by atoms with Gasteiger partial charge in [-0.05, 0) is 73.4 Å². The molecular weight excluding hydrogens is 300 g/mol. The third-order valence-electron chi connectivity index (χ3n) is 5.70. The number of rotatable bonds is 5. The Labute approximate surface area is 147 Å². The predicted molar refractivity (Wildman–Crippen MR) is 105 cm³/mol. The fraction of sp³-hybridized carbons (Fsp3) is 0.650. The van der Waals surface area contributed by atoms with Crippen LogP contribution in [0.15, 0.2) is 24.3 Å². The zero-order valence-corrected chi connectivity index (χ0v) is 15.9.